The molecule has 2 aliphatic rings. The normalized spacial score (nSPS) is 20.0. The fourth-order valence-corrected chi connectivity index (χ4v) is 4.26. The highest BCUT2D eigenvalue weighted by Gasteiger charge is 2.28. The van der Waals surface area contributed by atoms with Crippen molar-refractivity contribution >= 4 is 0 Å². The van der Waals surface area contributed by atoms with E-state index >= 15 is 0 Å². The highest BCUT2D eigenvalue weighted by molar-refractivity contribution is 5.25. The van der Waals surface area contributed by atoms with E-state index in [0.717, 1.165) is 44.1 Å². The third-order valence-electron chi connectivity index (χ3n) is 6.01. The Morgan fingerprint density at radius 2 is 1.85 bits per heavy atom. The van der Waals surface area contributed by atoms with E-state index in [-0.39, 0.29) is 6.42 Å². The van der Waals surface area contributed by atoms with Crippen molar-refractivity contribution in [2.75, 3.05) is 26.3 Å². The smallest absolute Gasteiger partial charge is 0.276 e. The van der Waals surface area contributed by atoms with Gasteiger partial charge in [0.2, 0.25) is 0 Å². The first kappa shape index (κ1) is 19.7. The van der Waals surface area contributed by atoms with Crippen LogP contribution in [0.5, 0.6) is 0 Å². The molecule has 1 aromatic heterocycles. The maximum Gasteiger partial charge on any atom is 0.276 e. The summed E-state index contributed by atoms with van der Waals surface area (Å²) in [5, 5.41) is 0. The number of alkyl halides is 3. The van der Waals surface area contributed by atoms with Gasteiger partial charge in [-0.05, 0) is 43.4 Å². The Balaban J connectivity index is 1.50. The van der Waals surface area contributed by atoms with Gasteiger partial charge in [-0.3, -0.25) is 4.98 Å². The number of fused-ring (bicyclic) bond motifs is 1. The van der Waals surface area contributed by atoms with Gasteiger partial charge < -0.3 is 4.90 Å². The minimum atomic E-state index is -3.23. The Labute approximate surface area is 155 Å². The van der Waals surface area contributed by atoms with Crippen molar-refractivity contribution in [3.8, 4) is 0 Å². The van der Waals surface area contributed by atoms with Crippen LogP contribution in [0.1, 0.15) is 61.9 Å². The first-order valence-corrected chi connectivity index (χ1v) is 10.2. The van der Waals surface area contributed by atoms with Gasteiger partial charge in [-0.25, -0.2) is 13.2 Å². The fraction of sp³-hybridized carbons (Fsp3) is 0.762. The molecule has 2 heterocycles. The molecule has 0 amide bonds. The predicted molar refractivity (Wildman–Crippen MR) is 98.5 cm³/mol. The van der Waals surface area contributed by atoms with E-state index in [1.54, 1.807) is 0 Å². The molecule has 1 aromatic rings. The lowest BCUT2D eigenvalue weighted by molar-refractivity contribution is -0.0298. The number of halogens is 3. The Kier molecular flexibility index (Phi) is 6.96. The molecule has 3 rings (SSSR count). The lowest BCUT2D eigenvalue weighted by atomic mass is 9.87. The van der Waals surface area contributed by atoms with Crippen LogP contribution in [0.25, 0.3) is 0 Å². The molecule has 1 aliphatic carbocycles. The topological polar surface area (TPSA) is 16.1 Å². The zero-order chi connectivity index (χ0) is 18.4. The van der Waals surface area contributed by atoms with Gasteiger partial charge in [0, 0.05) is 37.3 Å². The van der Waals surface area contributed by atoms with E-state index in [4.69, 9.17) is 0 Å². The molecule has 0 saturated heterocycles. The van der Waals surface area contributed by atoms with Crippen LogP contribution in [0.15, 0.2) is 12.1 Å². The largest absolute Gasteiger partial charge is 0.303 e. The number of hydrogen-bond acceptors (Lipinski definition) is 2. The molecule has 0 aromatic carbocycles. The van der Waals surface area contributed by atoms with E-state index in [2.05, 4.69) is 9.88 Å². The van der Waals surface area contributed by atoms with Crippen molar-refractivity contribution in [1.82, 2.24) is 9.88 Å². The second-order valence-corrected chi connectivity index (χ2v) is 8.03. The Hall–Kier alpha value is -1.10. The standard InChI is InChI=1S/C21H31F3N2/c22-16-21(23,24)12-8-19-7-6-18-10-14-26(15-11-20(18)25-19)13-9-17-4-2-1-3-5-17/h6-7,17H,1-5,8-16H2. The molecule has 1 aliphatic heterocycles. The summed E-state index contributed by atoms with van der Waals surface area (Å²) in [6, 6.07) is 3.88. The molecule has 0 atom stereocenters. The van der Waals surface area contributed by atoms with Gasteiger partial charge in [0.05, 0.1) is 0 Å². The molecule has 26 heavy (non-hydrogen) atoms. The summed E-state index contributed by atoms with van der Waals surface area (Å²) in [5.74, 6) is -2.33. The van der Waals surface area contributed by atoms with Crippen molar-refractivity contribution in [3.63, 3.8) is 0 Å². The Bertz CT molecular complexity index is 570. The molecule has 0 radical (unpaired) electrons. The summed E-state index contributed by atoms with van der Waals surface area (Å²) < 4.78 is 38.5. The van der Waals surface area contributed by atoms with Crippen LogP contribution in [-0.4, -0.2) is 42.1 Å². The van der Waals surface area contributed by atoms with Crippen molar-refractivity contribution in [3.05, 3.63) is 29.1 Å². The average Bonchev–Trinajstić information content (AvgIpc) is 2.87. The van der Waals surface area contributed by atoms with Crippen molar-refractivity contribution in [2.24, 2.45) is 5.92 Å². The minimum Gasteiger partial charge on any atom is -0.303 e. The van der Waals surface area contributed by atoms with Crippen LogP contribution in [-0.2, 0) is 19.3 Å². The first-order valence-electron chi connectivity index (χ1n) is 10.2. The fourth-order valence-electron chi connectivity index (χ4n) is 4.26. The SMILES string of the molecule is FCC(F)(F)CCc1ccc2c(n1)CCN(CCC1CCCCC1)CC2. The Morgan fingerprint density at radius 3 is 2.62 bits per heavy atom. The Morgan fingerprint density at radius 1 is 1.08 bits per heavy atom. The summed E-state index contributed by atoms with van der Waals surface area (Å²) in [4.78, 5) is 7.15. The highest BCUT2D eigenvalue weighted by Crippen LogP contribution is 2.27. The van der Waals surface area contributed by atoms with E-state index in [0.29, 0.717) is 5.69 Å². The van der Waals surface area contributed by atoms with Crippen LogP contribution >= 0.6 is 0 Å². The number of rotatable bonds is 7. The molecule has 0 spiro atoms. The van der Waals surface area contributed by atoms with Crippen molar-refractivity contribution in [1.29, 1.82) is 0 Å². The number of pyridine rings is 1. The number of hydrogen-bond donors (Lipinski definition) is 0. The molecule has 5 heteroatoms. The summed E-state index contributed by atoms with van der Waals surface area (Å²) >= 11 is 0. The third-order valence-corrected chi connectivity index (χ3v) is 6.01. The zero-order valence-corrected chi connectivity index (χ0v) is 15.7. The molecule has 1 fully saturated rings. The lowest BCUT2D eigenvalue weighted by Crippen LogP contribution is -2.29. The van der Waals surface area contributed by atoms with Crippen LogP contribution < -0.4 is 0 Å². The maximum atomic E-state index is 13.1. The molecule has 0 bridgehead atoms. The maximum absolute atomic E-state index is 13.1. The van der Waals surface area contributed by atoms with Gasteiger partial charge in [-0.2, -0.15) is 0 Å². The second-order valence-electron chi connectivity index (χ2n) is 8.03. The number of aryl methyl sites for hydroxylation is 1. The van der Waals surface area contributed by atoms with E-state index < -0.39 is 19.0 Å². The van der Waals surface area contributed by atoms with Crippen LogP contribution in [0, 0.1) is 5.92 Å². The van der Waals surface area contributed by atoms with Crippen molar-refractivity contribution < 1.29 is 13.2 Å². The van der Waals surface area contributed by atoms with Crippen molar-refractivity contribution in [2.45, 2.75) is 70.1 Å². The van der Waals surface area contributed by atoms with Crippen LogP contribution in [0.4, 0.5) is 13.2 Å². The van der Waals surface area contributed by atoms with E-state index in [9.17, 15) is 13.2 Å². The van der Waals surface area contributed by atoms with E-state index in [1.165, 1.54) is 44.1 Å². The predicted octanol–water partition coefficient (Wildman–Crippen LogP) is 4.99. The van der Waals surface area contributed by atoms with Gasteiger partial charge in [-0.15, -0.1) is 0 Å². The monoisotopic (exact) mass is 368 g/mol. The molecule has 1 saturated carbocycles. The summed E-state index contributed by atoms with van der Waals surface area (Å²) in [6.07, 6.45) is 9.80. The van der Waals surface area contributed by atoms with Crippen LogP contribution in [0.3, 0.4) is 0 Å². The molecule has 0 unspecified atom stereocenters. The first-order chi connectivity index (χ1) is 12.6. The lowest BCUT2D eigenvalue weighted by Gasteiger charge is -2.26. The number of aromatic nitrogens is 1. The summed E-state index contributed by atoms with van der Waals surface area (Å²) in [7, 11) is 0. The quantitative estimate of drug-likeness (QED) is 0.674. The molecule has 0 N–H and O–H groups in total. The van der Waals surface area contributed by atoms with Crippen LogP contribution in [0.2, 0.25) is 0 Å². The average molecular weight is 368 g/mol. The third kappa shape index (κ3) is 5.70. The van der Waals surface area contributed by atoms with Gasteiger partial charge in [-0.1, -0.05) is 38.2 Å². The van der Waals surface area contributed by atoms with Gasteiger partial charge in [0.15, 0.2) is 6.67 Å². The van der Waals surface area contributed by atoms with Gasteiger partial charge in [0.1, 0.15) is 0 Å². The van der Waals surface area contributed by atoms with Gasteiger partial charge >= 0.3 is 0 Å². The van der Waals surface area contributed by atoms with E-state index in [1.807, 2.05) is 12.1 Å². The minimum absolute atomic E-state index is 0.135. The zero-order valence-electron chi connectivity index (χ0n) is 15.7. The summed E-state index contributed by atoms with van der Waals surface area (Å²) in [6.45, 7) is 1.62. The second kappa shape index (κ2) is 9.20. The molecule has 2 nitrogen and oxygen atoms in total. The number of nitrogens with zero attached hydrogens (tertiary/aromatic N) is 2. The molecular formula is C21H31F3N2. The van der Waals surface area contributed by atoms with Gasteiger partial charge in [0.25, 0.3) is 5.92 Å². The molecular weight excluding hydrogens is 337 g/mol. The summed E-state index contributed by atoms with van der Waals surface area (Å²) in [5.41, 5.74) is 2.95. The highest BCUT2D eigenvalue weighted by atomic mass is 19.3. The molecule has 146 valence electrons.